The first-order valence-electron chi connectivity index (χ1n) is 5.81. The highest BCUT2D eigenvalue weighted by Gasteiger charge is 2.02. The minimum atomic E-state index is -0.439. The van der Waals surface area contributed by atoms with Crippen molar-refractivity contribution < 1.29 is 14.7 Å². The summed E-state index contributed by atoms with van der Waals surface area (Å²) in [7, 11) is 0. The van der Waals surface area contributed by atoms with Gasteiger partial charge in [-0.15, -0.1) is 0 Å². The minimum Gasteiger partial charge on any atom is -0.489 e. The molecule has 1 heterocycles. The zero-order chi connectivity index (χ0) is 13.5. The number of nitrogens with one attached hydrogen (secondary N) is 1. The normalized spacial score (nSPS) is 9.95. The molecule has 0 atom stereocenters. The number of benzene rings is 1. The predicted molar refractivity (Wildman–Crippen MR) is 68.6 cm³/mol. The number of hydrogen-bond acceptors (Lipinski definition) is 4. The fourth-order valence-corrected chi connectivity index (χ4v) is 1.57. The Morgan fingerprint density at radius 2 is 1.79 bits per heavy atom. The van der Waals surface area contributed by atoms with E-state index in [1.807, 2.05) is 12.1 Å². The Morgan fingerprint density at radius 1 is 1.11 bits per heavy atom. The molecule has 2 rings (SSSR count). The van der Waals surface area contributed by atoms with Crippen LogP contribution in [0.2, 0.25) is 0 Å². The number of ether oxygens (including phenoxy) is 1. The largest absolute Gasteiger partial charge is 0.489 e. The molecule has 0 spiro atoms. The summed E-state index contributed by atoms with van der Waals surface area (Å²) in [5.74, 6) is 0.287. The van der Waals surface area contributed by atoms with E-state index in [4.69, 9.17) is 9.94 Å². The van der Waals surface area contributed by atoms with E-state index in [0.717, 1.165) is 16.9 Å². The van der Waals surface area contributed by atoms with Gasteiger partial charge >= 0.3 is 0 Å². The van der Waals surface area contributed by atoms with E-state index in [-0.39, 0.29) is 6.42 Å². The summed E-state index contributed by atoms with van der Waals surface area (Å²) >= 11 is 0. The maximum atomic E-state index is 11.0. The van der Waals surface area contributed by atoms with Crippen LogP contribution < -0.4 is 10.2 Å². The van der Waals surface area contributed by atoms with E-state index in [1.54, 1.807) is 42.1 Å². The van der Waals surface area contributed by atoms with Gasteiger partial charge in [-0.1, -0.05) is 12.1 Å². The number of hydroxylamine groups is 1. The van der Waals surface area contributed by atoms with Crippen LogP contribution in [0.4, 0.5) is 0 Å². The van der Waals surface area contributed by atoms with Crippen molar-refractivity contribution in [1.82, 2.24) is 10.5 Å². The number of carbonyl (C=O) groups is 1. The standard InChI is InChI=1S/C14H14N2O3/c17-14(16-18)9-11-1-3-13(4-2-11)19-10-12-5-7-15-8-6-12/h1-8,18H,9-10H2,(H,16,17). The molecular formula is C14H14N2O3. The zero-order valence-corrected chi connectivity index (χ0v) is 10.2. The molecule has 0 saturated heterocycles. The summed E-state index contributed by atoms with van der Waals surface area (Å²) in [5.41, 5.74) is 3.45. The number of pyridine rings is 1. The smallest absolute Gasteiger partial charge is 0.247 e. The number of amides is 1. The summed E-state index contributed by atoms with van der Waals surface area (Å²) < 4.78 is 5.60. The van der Waals surface area contributed by atoms with Gasteiger partial charge in [0, 0.05) is 12.4 Å². The number of aromatic nitrogens is 1. The fourth-order valence-electron chi connectivity index (χ4n) is 1.57. The van der Waals surface area contributed by atoms with E-state index in [9.17, 15) is 4.79 Å². The van der Waals surface area contributed by atoms with Crippen LogP contribution in [0.5, 0.6) is 5.75 Å². The van der Waals surface area contributed by atoms with Gasteiger partial charge < -0.3 is 4.74 Å². The summed E-state index contributed by atoms with van der Waals surface area (Å²) in [5, 5.41) is 8.43. The fraction of sp³-hybridized carbons (Fsp3) is 0.143. The van der Waals surface area contributed by atoms with Crippen molar-refractivity contribution in [3.8, 4) is 5.75 Å². The Kier molecular flexibility index (Phi) is 4.47. The summed E-state index contributed by atoms with van der Waals surface area (Å²) in [4.78, 5) is 14.9. The van der Waals surface area contributed by atoms with E-state index < -0.39 is 5.91 Å². The number of hydrogen-bond donors (Lipinski definition) is 2. The lowest BCUT2D eigenvalue weighted by molar-refractivity contribution is -0.128. The lowest BCUT2D eigenvalue weighted by atomic mass is 10.1. The second kappa shape index (κ2) is 6.51. The molecule has 1 aromatic carbocycles. The lowest BCUT2D eigenvalue weighted by Gasteiger charge is -2.07. The van der Waals surface area contributed by atoms with Crippen molar-refractivity contribution in [2.75, 3.05) is 0 Å². The van der Waals surface area contributed by atoms with E-state index in [2.05, 4.69) is 4.98 Å². The Labute approximate surface area is 110 Å². The Morgan fingerprint density at radius 3 is 2.42 bits per heavy atom. The molecule has 1 amide bonds. The van der Waals surface area contributed by atoms with Gasteiger partial charge in [-0.2, -0.15) is 0 Å². The van der Waals surface area contributed by atoms with Crippen LogP contribution >= 0.6 is 0 Å². The maximum Gasteiger partial charge on any atom is 0.247 e. The van der Waals surface area contributed by atoms with Gasteiger partial charge in [-0.3, -0.25) is 15.0 Å². The highest BCUT2D eigenvalue weighted by molar-refractivity contribution is 5.77. The second-order valence-corrected chi connectivity index (χ2v) is 4.00. The van der Waals surface area contributed by atoms with Crippen LogP contribution in [0, 0.1) is 0 Å². The second-order valence-electron chi connectivity index (χ2n) is 4.00. The van der Waals surface area contributed by atoms with Crippen molar-refractivity contribution in [2.45, 2.75) is 13.0 Å². The van der Waals surface area contributed by atoms with Crippen molar-refractivity contribution in [2.24, 2.45) is 0 Å². The van der Waals surface area contributed by atoms with Gasteiger partial charge in [0.1, 0.15) is 12.4 Å². The summed E-state index contributed by atoms with van der Waals surface area (Å²) in [6.45, 7) is 0.471. The molecule has 0 bridgehead atoms. The quantitative estimate of drug-likeness (QED) is 0.632. The van der Waals surface area contributed by atoms with Crippen molar-refractivity contribution in [3.05, 3.63) is 59.9 Å². The molecule has 2 aromatic rings. The van der Waals surface area contributed by atoms with Gasteiger partial charge in [-0.25, -0.2) is 5.48 Å². The highest BCUT2D eigenvalue weighted by Crippen LogP contribution is 2.14. The van der Waals surface area contributed by atoms with Gasteiger partial charge in [0.2, 0.25) is 5.91 Å². The third-order valence-electron chi connectivity index (χ3n) is 2.57. The molecule has 2 N–H and O–H groups in total. The molecule has 0 radical (unpaired) electrons. The van der Waals surface area contributed by atoms with Crippen molar-refractivity contribution >= 4 is 5.91 Å². The predicted octanol–water partition coefficient (Wildman–Crippen LogP) is 1.71. The Balaban J connectivity index is 1.90. The number of nitrogens with zero attached hydrogens (tertiary/aromatic N) is 1. The maximum absolute atomic E-state index is 11.0. The molecule has 0 saturated carbocycles. The first-order chi connectivity index (χ1) is 9.28. The van der Waals surface area contributed by atoms with Crippen LogP contribution in [-0.2, 0) is 17.8 Å². The average Bonchev–Trinajstić information content (AvgIpc) is 2.47. The van der Waals surface area contributed by atoms with Crippen LogP contribution in [0.3, 0.4) is 0 Å². The molecule has 0 unspecified atom stereocenters. The molecule has 98 valence electrons. The molecule has 0 aliphatic rings. The number of rotatable bonds is 5. The van der Waals surface area contributed by atoms with E-state index in [1.165, 1.54) is 0 Å². The summed E-state index contributed by atoms with van der Waals surface area (Å²) in [6, 6.07) is 10.9. The SMILES string of the molecule is O=C(Cc1ccc(OCc2ccncc2)cc1)NO. The van der Waals surface area contributed by atoms with Crippen LogP contribution in [-0.4, -0.2) is 16.1 Å². The van der Waals surface area contributed by atoms with Gasteiger partial charge in [0.05, 0.1) is 6.42 Å². The summed E-state index contributed by atoms with van der Waals surface area (Å²) in [6.07, 6.45) is 3.58. The molecule has 1 aromatic heterocycles. The molecule has 5 nitrogen and oxygen atoms in total. The van der Waals surface area contributed by atoms with Crippen LogP contribution in [0.1, 0.15) is 11.1 Å². The van der Waals surface area contributed by atoms with Gasteiger partial charge in [0.25, 0.3) is 0 Å². The average molecular weight is 258 g/mol. The zero-order valence-electron chi connectivity index (χ0n) is 10.2. The molecule has 0 fully saturated rings. The topological polar surface area (TPSA) is 71.5 Å². The van der Waals surface area contributed by atoms with E-state index in [0.29, 0.717) is 6.61 Å². The molecule has 0 aliphatic heterocycles. The highest BCUT2D eigenvalue weighted by atomic mass is 16.5. The van der Waals surface area contributed by atoms with Crippen molar-refractivity contribution in [1.29, 1.82) is 0 Å². The molecule has 0 aliphatic carbocycles. The third kappa shape index (κ3) is 4.08. The van der Waals surface area contributed by atoms with Crippen molar-refractivity contribution in [3.63, 3.8) is 0 Å². The molecule has 19 heavy (non-hydrogen) atoms. The third-order valence-corrected chi connectivity index (χ3v) is 2.57. The Bertz CT molecular complexity index is 526. The number of carbonyl (C=O) groups excluding carboxylic acids is 1. The molecule has 5 heteroatoms. The van der Waals surface area contributed by atoms with Gasteiger partial charge in [0.15, 0.2) is 0 Å². The monoisotopic (exact) mass is 258 g/mol. The lowest BCUT2D eigenvalue weighted by Crippen LogP contribution is -2.20. The van der Waals surface area contributed by atoms with Crippen LogP contribution in [0.25, 0.3) is 0 Å². The van der Waals surface area contributed by atoms with Crippen LogP contribution in [0.15, 0.2) is 48.8 Å². The Hall–Kier alpha value is -2.40. The van der Waals surface area contributed by atoms with E-state index >= 15 is 0 Å². The first-order valence-corrected chi connectivity index (χ1v) is 5.81. The minimum absolute atomic E-state index is 0.140. The molecular weight excluding hydrogens is 244 g/mol. The first kappa shape index (κ1) is 13.0. The van der Waals surface area contributed by atoms with Gasteiger partial charge in [-0.05, 0) is 35.4 Å².